The third-order valence-electron chi connectivity index (χ3n) is 10.4. The highest BCUT2D eigenvalue weighted by atomic mass is 31.2. The molecule has 2 N–H and O–H groups in total. The van der Waals surface area contributed by atoms with Crippen LogP contribution in [0.1, 0.15) is 200 Å². The van der Waals surface area contributed by atoms with Crippen LogP contribution in [0.15, 0.2) is 48.6 Å². The maximum absolute atomic E-state index is 12.7. The van der Waals surface area contributed by atoms with Crippen molar-refractivity contribution in [2.24, 2.45) is 0 Å². The number of quaternary nitrogens is 1. The van der Waals surface area contributed by atoms with Crippen molar-refractivity contribution in [3.63, 3.8) is 0 Å². The molecular formula is C50H93NO9P+. The van der Waals surface area contributed by atoms with Crippen molar-refractivity contribution in [1.29, 1.82) is 0 Å². The summed E-state index contributed by atoms with van der Waals surface area (Å²) in [5, 5.41) is 10.1. The Hall–Kier alpha value is -2.07. The largest absolute Gasteiger partial charge is 0.472 e. The van der Waals surface area contributed by atoms with Crippen LogP contribution in [0.2, 0.25) is 0 Å². The van der Waals surface area contributed by atoms with E-state index in [0.717, 1.165) is 32.1 Å². The number of allylic oxidation sites excluding steroid dienone is 6. The van der Waals surface area contributed by atoms with Crippen molar-refractivity contribution in [3.8, 4) is 0 Å². The van der Waals surface area contributed by atoms with Gasteiger partial charge in [-0.2, -0.15) is 0 Å². The Morgan fingerprint density at radius 2 is 1.10 bits per heavy atom. The van der Waals surface area contributed by atoms with Gasteiger partial charge in [0.05, 0.1) is 33.9 Å². The van der Waals surface area contributed by atoms with E-state index in [1.165, 1.54) is 122 Å². The first-order valence-electron chi connectivity index (χ1n) is 24.5. The SMILES string of the molecule is CCCCC/C=C\C[C@H](O)/C=C/C=C\C/C=C\CCCC(=O)O[C@H](COC(=O)CCCCCCCCCCCCCCCCCCCCC)COP(=O)(O)OCC[N+](C)(C)C. The van der Waals surface area contributed by atoms with Gasteiger partial charge in [0, 0.05) is 12.8 Å². The second-order valence-corrected chi connectivity index (χ2v) is 19.2. The van der Waals surface area contributed by atoms with Crippen LogP contribution in [-0.4, -0.2) is 86.1 Å². The molecule has 0 fully saturated rings. The zero-order chi connectivity index (χ0) is 45.1. The molecule has 0 bridgehead atoms. The smallest absolute Gasteiger partial charge is 0.462 e. The summed E-state index contributed by atoms with van der Waals surface area (Å²) in [6.45, 7) is 4.26. The third kappa shape index (κ3) is 45.8. The summed E-state index contributed by atoms with van der Waals surface area (Å²) < 4.78 is 34.3. The standard InChI is InChI=1S/C50H92NO9P/c1-6-8-10-12-14-15-16-17-18-19-20-21-22-23-24-25-29-33-37-41-49(53)57-45-48(46-59-61(55,56)58-44-43-51(3,4)5)60-50(54)42-38-34-30-27-26-28-32-36-40-47(52)39-35-31-13-11-9-7-2/h27-28,30-32,35-36,40,47-48,52H,6-26,29,33-34,37-39,41-46H2,1-5H3/p+1/b30-27-,32-28-,35-31-,40-36+/t47-,48+/m0/s1. The van der Waals surface area contributed by atoms with Crippen LogP contribution in [-0.2, 0) is 32.7 Å². The van der Waals surface area contributed by atoms with Gasteiger partial charge in [-0.05, 0) is 44.9 Å². The molecule has 0 amide bonds. The van der Waals surface area contributed by atoms with E-state index in [1.807, 2.05) is 57.6 Å². The lowest BCUT2D eigenvalue weighted by molar-refractivity contribution is -0.870. The van der Waals surface area contributed by atoms with E-state index < -0.39 is 38.6 Å². The van der Waals surface area contributed by atoms with Crippen LogP contribution in [0.25, 0.3) is 0 Å². The van der Waals surface area contributed by atoms with Crippen LogP contribution < -0.4 is 0 Å². The number of nitrogens with zero attached hydrogens (tertiary/aromatic N) is 1. The maximum atomic E-state index is 12.7. The molecule has 3 atom stereocenters. The summed E-state index contributed by atoms with van der Waals surface area (Å²) in [6, 6.07) is 0. The number of phosphoric acid groups is 1. The van der Waals surface area contributed by atoms with Gasteiger partial charge in [-0.3, -0.25) is 18.6 Å². The predicted octanol–water partition coefficient (Wildman–Crippen LogP) is 13.2. The molecule has 0 aromatic carbocycles. The number of hydrogen-bond acceptors (Lipinski definition) is 8. The van der Waals surface area contributed by atoms with E-state index in [-0.39, 0.29) is 26.1 Å². The Morgan fingerprint density at radius 1 is 0.590 bits per heavy atom. The molecule has 0 radical (unpaired) electrons. The highest BCUT2D eigenvalue weighted by molar-refractivity contribution is 7.47. The number of phosphoric ester groups is 1. The topological polar surface area (TPSA) is 129 Å². The molecule has 0 aliphatic carbocycles. The second-order valence-electron chi connectivity index (χ2n) is 17.7. The monoisotopic (exact) mass is 883 g/mol. The molecule has 0 aliphatic heterocycles. The summed E-state index contributed by atoms with van der Waals surface area (Å²) >= 11 is 0. The number of aliphatic hydroxyl groups excluding tert-OH is 1. The van der Waals surface area contributed by atoms with Gasteiger partial charge in [-0.1, -0.05) is 191 Å². The second kappa shape index (κ2) is 41.9. The molecule has 0 saturated heterocycles. The number of ether oxygens (including phenoxy) is 2. The van der Waals surface area contributed by atoms with Crippen molar-refractivity contribution in [1.82, 2.24) is 0 Å². The molecule has 0 heterocycles. The van der Waals surface area contributed by atoms with Gasteiger partial charge < -0.3 is 24.0 Å². The van der Waals surface area contributed by atoms with E-state index in [1.54, 1.807) is 6.08 Å². The fraction of sp³-hybridized carbons (Fsp3) is 0.800. The van der Waals surface area contributed by atoms with Gasteiger partial charge in [-0.25, -0.2) is 4.57 Å². The maximum Gasteiger partial charge on any atom is 0.472 e. The van der Waals surface area contributed by atoms with Crippen molar-refractivity contribution < 1.29 is 47.2 Å². The summed E-state index contributed by atoms with van der Waals surface area (Å²) in [6.07, 6.45) is 46.2. The molecule has 0 aliphatic rings. The minimum absolute atomic E-state index is 0.0103. The minimum Gasteiger partial charge on any atom is -0.462 e. The van der Waals surface area contributed by atoms with Gasteiger partial charge in [0.15, 0.2) is 6.10 Å². The summed E-state index contributed by atoms with van der Waals surface area (Å²) in [4.78, 5) is 35.5. The number of unbranched alkanes of at least 4 members (excludes halogenated alkanes) is 22. The van der Waals surface area contributed by atoms with Crippen LogP contribution in [0, 0.1) is 0 Å². The number of carbonyl (C=O) groups is 2. The van der Waals surface area contributed by atoms with E-state index >= 15 is 0 Å². The normalized spacial score (nSPS) is 14.4. The fourth-order valence-corrected chi connectivity index (χ4v) is 7.30. The first kappa shape index (κ1) is 58.9. The lowest BCUT2D eigenvalue weighted by Gasteiger charge is -2.24. The van der Waals surface area contributed by atoms with Crippen molar-refractivity contribution in [2.75, 3.05) is 47.5 Å². The minimum atomic E-state index is -4.41. The molecule has 0 aromatic rings. The van der Waals surface area contributed by atoms with Crippen LogP contribution >= 0.6 is 7.82 Å². The third-order valence-corrected chi connectivity index (χ3v) is 11.4. The molecule has 356 valence electrons. The lowest BCUT2D eigenvalue weighted by Crippen LogP contribution is -2.37. The zero-order valence-electron chi connectivity index (χ0n) is 39.8. The molecule has 0 spiro atoms. The van der Waals surface area contributed by atoms with E-state index in [4.69, 9.17) is 18.5 Å². The van der Waals surface area contributed by atoms with Crippen LogP contribution in [0.5, 0.6) is 0 Å². The Balaban J connectivity index is 4.41. The fourth-order valence-electron chi connectivity index (χ4n) is 6.56. The Labute approximate surface area is 374 Å². The van der Waals surface area contributed by atoms with Crippen LogP contribution in [0.4, 0.5) is 0 Å². The van der Waals surface area contributed by atoms with Gasteiger partial charge in [0.2, 0.25) is 0 Å². The number of rotatable bonds is 44. The molecule has 0 aromatic heterocycles. The Morgan fingerprint density at radius 3 is 1.67 bits per heavy atom. The molecule has 0 rings (SSSR count). The van der Waals surface area contributed by atoms with Gasteiger partial charge in [0.1, 0.15) is 19.8 Å². The van der Waals surface area contributed by atoms with Crippen LogP contribution in [0.3, 0.4) is 0 Å². The number of likely N-dealkylation sites (N-methyl/N-ethyl adjacent to an activating group) is 1. The lowest BCUT2D eigenvalue weighted by atomic mass is 10.0. The number of carbonyl (C=O) groups excluding carboxylic acids is 2. The number of aliphatic hydroxyl groups is 1. The van der Waals surface area contributed by atoms with Crippen molar-refractivity contribution in [3.05, 3.63) is 48.6 Å². The van der Waals surface area contributed by atoms with Gasteiger partial charge in [-0.15, -0.1) is 0 Å². The van der Waals surface area contributed by atoms with E-state index in [0.29, 0.717) is 30.3 Å². The summed E-state index contributed by atoms with van der Waals surface area (Å²) in [5.41, 5.74) is 0. The van der Waals surface area contributed by atoms with E-state index in [2.05, 4.69) is 19.9 Å². The van der Waals surface area contributed by atoms with Crippen molar-refractivity contribution >= 4 is 19.8 Å². The zero-order valence-corrected chi connectivity index (χ0v) is 40.6. The summed E-state index contributed by atoms with van der Waals surface area (Å²) in [5.74, 6) is -0.898. The quantitative estimate of drug-likeness (QED) is 0.0153. The first-order chi connectivity index (χ1) is 29.4. The predicted molar refractivity (Wildman–Crippen MR) is 253 cm³/mol. The number of esters is 2. The molecule has 1 unspecified atom stereocenters. The average molecular weight is 883 g/mol. The molecular weight excluding hydrogens is 790 g/mol. The molecule has 0 saturated carbocycles. The van der Waals surface area contributed by atoms with Crippen molar-refractivity contribution in [2.45, 2.75) is 212 Å². The van der Waals surface area contributed by atoms with Gasteiger partial charge in [0.25, 0.3) is 0 Å². The molecule has 61 heavy (non-hydrogen) atoms. The van der Waals surface area contributed by atoms with Gasteiger partial charge >= 0.3 is 19.8 Å². The molecule has 10 nitrogen and oxygen atoms in total. The van der Waals surface area contributed by atoms with E-state index in [9.17, 15) is 24.2 Å². The Bertz CT molecular complexity index is 1200. The highest BCUT2D eigenvalue weighted by Gasteiger charge is 2.27. The highest BCUT2D eigenvalue weighted by Crippen LogP contribution is 2.43. The summed E-state index contributed by atoms with van der Waals surface area (Å²) in [7, 11) is 1.41. The molecule has 11 heteroatoms. The Kier molecular flexibility index (Phi) is 40.5. The first-order valence-corrected chi connectivity index (χ1v) is 26.0. The average Bonchev–Trinajstić information content (AvgIpc) is 3.21. The number of hydrogen-bond donors (Lipinski definition) is 2.